The highest BCUT2D eigenvalue weighted by molar-refractivity contribution is 5.94. The SMILES string of the molecule is COc1cc2c(cc1OC)C(CNC(=O)c1ccc(C)cc1)N(C(=O)Nc1ccccc1)CC2. The van der Waals surface area contributed by atoms with E-state index in [0.717, 1.165) is 16.7 Å². The molecule has 0 aliphatic carbocycles. The van der Waals surface area contributed by atoms with Gasteiger partial charge in [0.2, 0.25) is 0 Å². The van der Waals surface area contributed by atoms with Gasteiger partial charge in [-0.05, 0) is 60.9 Å². The minimum Gasteiger partial charge on any atom is -0.493 e. The zero-order valence-electron chi connectivity index (χ0n) is 19.6. The number of nitrogens with zero attached hydrogens (tertiary/aromatic N) is 1. The number of ether oxygens (including phenoxy) is 2. The highest BCUT2D eigenvalue weighted by Crippen LogP contribution is 2.38. The van der Waals surface area contributed by atoms with E-state index >= 15 is 0 Å². The van der Waals surface area contributed by atoms with Gasteiger partial charge in [-0.1, -0.05) is 35.9 Å². The lowest BCUT2D eigenvalue weighted by atomic mass is 9.91. The summed E-state index contributed by atoms with van der Waals surface area (Å²) in [6.07, 6.45) is 0.667. The van der Waals surface area contributed by atoms with Gasteiger partial charge in [-0.2, -0.15) is 0 Å². The molecule has 3 aromatic rings. The molecule has 7 nitrogen and oxygen atoms in total. The standard InChI is InChI=1S/C27H29N3O4/c1-18-9-11-19(12-10-18)26(31)28-17-23-22-16-25(34-3)24(33-2)15-20(22)13-14-30(23)27(32)29-21-7-5-4-6-8-21/h4-12,15-16,23H,13-14,17H2,1-3H3,(H,28,31)(H,29,32). The van der Waals surface area contributed by atoms with Gasteiger partial charge in [0.05, 0.1) is 20.3 Å². The Labute approximate surface area is 199 Å². The number of benzene rings is 3. The molecule has 7 heteroatoms. The van der Waals surface area contributed by atoms with Crippen molar-refractivity contribution in [2.45, 2.75) is 19.4 Å². The Morgan fingerprint density at radius 3 is 2.32 bits per heavy atom. The van der Waals surface area contributed by atoms with Crippen LogP contribution in [-0.4, -0.2) is 44.1 Å². The summed E-state index contributed by atoms with van der Waals surface area (Å²) < 4.78 is 11.0. The van der Waals surface area contributed by atoms with Crippen LogP contribution in [-0.2, 0) is 6.42 Å². The first-order valence-electron chi connectivity index (χ1n) is 11.2. The number of hydrogen-bond acceptors (Lipinski definition) is 4. The summed E-state index contributed by atoms with van der Waals surface area (Å²) in [7, 11) is 3.19. The monoisotopic (exact) mass is 459 g/mol. The van der Waals surface area contributed by atoms with Crippen LogP contribution in [0.5, 0.6) is 11.5 Å². The summed E-state index contributed by atoms with van der Waals surface area (Å²) in [4.78, 5) is 27.9. The van der Waals surface area contributed by atoms with E-state index in [1.807, 2.05) is 61.5 Å². The van der Waals surface area contributed by atoms with E-state index in [2.05, 4.69) is 10.6 Å². The van der Waals surface area contributed by atoms with Crippen LogP contribution in [0.4, 0.5) is 10.5 Å². The second kappa shape index (κ2) is 10.3. The van der Waals surface area contributed by atoms with Gasteiger partial charge in [-0.25, -0.2) is 4.79 Å². The van der Waals surface area contributed by atoms with Crippen LogP contribution in [0, 0.1) is 6.92 Å². The molecule has 1 atom stereocenters. The molecule has 176 valence electrons. The van der Waals surface area contributed by atoms with Gasteiger partial charge in [0.15, 0.2) is 11.5 Å². The van der Waals surface area contributed by atoms with Crippen molar-refractivity contribution in [3.8, 4) is 11.5 Å². The number of nitrogens with one attached hydrogen (secondary N) is 2. The van der Waals surface area contributed by atoms with Crippen molar-refractivity contribution in [2.75, 3.05) is 32.6 Å². The van der Waals surface area contributed by atoms with Crippen LogP contribution in [0.2, 0.25) is 0 Å². The topological polar surface area (TPSA) is 79.9 Å². The van der Waals surface area contributed by atoms with E-state index in [9.17, 15) is 9.59 Å². The molecule has 1 aliphatic heterocycles. The molecular formula is C27H29N3O4. The average Bonchev–Trinajstić information content (AvgIpc) is 2.87. The van der Waals surface area contributed by atoms with Crippen LogP contribution in [0.15, 0.2) is 66.7 Å². The van der Waals surface area contributed by atoms with Crippen LogP contribution < -0.4 is 20.1 Å². The maximum Gasteiger partial charge on any atom is 0.322 e. The Morgan fingerprint density at radius 1 is 0.971 bits per heavy atom. The van der Waals surface area contributed by atoms with Crippen molar-refractivity contribution in [1.29, 1.82) is 0 Å². The number of aryl methyl sites for hydroxylation is 1. The summed E-state index contributed by atoms with van der Waals surface area (Å²) in [5.74, 6) is 1.04. The summed E-state index contributed by atoms with van der Waals surface area (Å²) in [6.45, 7) is 2.75. The maximum absolute atomic E-state index is 13.3. The number of amides is 3. The van der Waals surface area contributed by atoms with Crippen molar-refractivity contribution in [1.82, 2.24) is 10.2 Å². The number of para-hydroxylation sites is 1. The Kier molecular flexibility index (Phi) is 7.01. The molecule has 1 aliphatic rings. The first-order valence-corrected chi connectivity index (χ1v) is 11.2. The molecule has 3 aromatic carbocycles. The Morgan fingerprint density at radius 2 is 1.65 bits per heavy atom. The third kappa shape index (κ3) is 4.98. The molecule has 0 saturated carbocycles. The lowest BCUT2D eigenvalue weighted by molar-refractivity contribution is 0.0936. The number of urea groups is 1. The molecule has 0 spiro atoms. The van der Waals surface area contributed by atoms with Crippen LogP contribution in [0.3, 0.4) is 0 Å². The second-order valence-electron chi connectivity index (χ2n) is 8.24. The minimum atomic E-state index is -0.373. The molecule has 2 N–H and O–H groups in total. The summed E-state index contributed by atoms with van der Waals surface area (Å²) in [5.41, 5.74) is 4.37. The smallest absolute Gasteiger partial charge is 0.322 e. The molecule has 3 amide bonds. The van der Waals surface area contributed by atoms with E-state index in [1.54, 1.807) is 31.3 Å². The number of rotatable bonds is 6. The van der Waals surface area contributed by atoms with Gasteiger partial charge in [0, 0.05) is 24.3 Å². The molecular weight excluding hydrogens is 430 g/mol. The molecule has 0 saturated heterocycles. The fraction of sp³-hybridized carbons (Fsp3) is 0.259. The Bertz CT molecular complexity index is 1160. The van der Waals surface area contributed by atoms with Gasteiger partial charge in [-0.3, -0.25) is 4.79 Å². The van der Waals surface area contributed by atoms with Crippen molar-refractivity contribution in [3.05, 3.63) is 89.0 Å². The molecule has 0 fully saturated rings. The largest absolute Gasteiger partial charge is 0.493 e. The lowest BCUT2D eigenvalue weighted by Gasteiger charge is -2.38. The first kappa shape index (κ1) is 23.2. The quantitative estimate of drug-likeness (QED) is 0.566. The molecule has 4 rings (SSSR count). The predicted octanol–water partition coefficient (Wildman–Crippen LogP) is 4.57. The third-order valence-corrected chi connectivity index (χ3v) is 6.06. The summed E-state index contributed by atoms with van der Waals surface area (Å²) in [6, 6.07) is 20.0. The van der Waals surface area contributed by atoms with E-state index in [1.165, 1.54) is 0 Å². The molecule has 1 unspecified atom stereocenters. The predicted molar refractivity (Wildman–Crippen MR) is 132 cm³/mol. The fourth-order valence-electron chi connectivity index (χ4n) is 4.20. The zero-order chi connectivity index (χ0) is 24.1. The van der Waals surface area contributed by atoms with Crippen molar-refractivity contribution in [2.24, 2.45) is 0 Å². The zero-order valence-corrected chi connectivity index (χ0v) is 19.6. The van der Waals surface area contributed by atoms with Gasteiger partial charge >= 0.3 is 6.03 Å². The van der Waals surface area contributed by atoms with E-state index in [-0.39, 0.29) is 24.5 Å². The third-order valence-electron chi connectivity index (χ3n) is 6.06. The number of carbonyl (C=O) groups is 2. The summed E-state index contributed by atoms with van der Waals surface area (Å²) in [5, 5.41) is 5.98. The minimum absolute atomic E-state index is 0.184. The highest BCUT2D eigenvalue weighted by Gasteiger charge is 2.32. The van der Waals surface area contributed by atoms with E-state index < -0.39 is 0 Å². The highest BCUT2D eigenvalue weighted by atomic mass is 16.5. The van der Waals surface area contributed by atoms with Crippen LogP contribution in [0.25, 0.3) is 0 Å². The van der Waals surface area contributed by atoms with Crippen molar-refractivity contribution < 1.29 is 19.1 Å². The van der Waals surface area contributed by atoms with Crippen molar-refractivity contribution in [3.63, 3.8) is 0 Å². The number of hydrogen-bond donors (Lipinski definition) is 2. The normalized spacial score (nSPS) is 14.7. The van der Waals surface area contributed by atoms with Gasteiger partial charge < -0.3 is 25.0 Å². The van der Waals surface area contributed by atoms with Gasteiger partial charge in [0.25, 0.3) is 5.91 Å². The second-order valence-corrected chi connectivity index (χ2v) is 8.24. The van der Waals surface area contributed by atoms with E-state index in [4.69, 9.17) is 9.47 Å². The van der Waals surface area contributed by atoms with Gasteiger partial charge in [-0.15, -0.1) is 0 Å². The van der Waals surface area contributed by atoms with Crippen LogP contribution >= 0.6 is 0 Å². The number of fused-ring (bicyclic) bond motifs is 1. The Balaban J connectivity index is 1.62. The molecule has 1 heterocycles. The number of anilines is 1. The number of carbonyl (C=O) groups excluding carboxylic acids is 2. The van der Waals surface area contributed by atoms with Crippen molar-refractivity contribution >= 4 is 17.6 Å². The lowest BCUT2D eigenvalue weighted by Crippen LogP contribution is -2.46. The van der Waals surface area contributed by atoms with Gasteiger partial charge in [0.1, 0.15) is 0 Å². The maximum atomic E-state index is 13.3. The number of methoxy groups -OCH3 is 2. The summed E-state index contributed by atoms with van der Waals surface area (Å²) >= 11 is 0. The molecule has 0 aromatic heterocycles. The van der Waals surface area contributed by atoms with Crippen LogP contribution in [0.1, 0.15) is 33.1 Å². The van der Waals surface area contributed by atoms with E-state index in [0.29, 0.717) is 35.7 Å². The molecule has 0 radical (unpaired) electrons. The Hall–Kier alpha value is -4.00. The average molecular weight is 460 g/mol. The molecule has 34 heavy (non-hydrogen) atoms. The first-order chi connectivity index (χ1) is 16.5. The molecule has 0 bridgehead atoms. The fourth-order valence-corrected chi connectivity index (χ4v) is 4.20.